The highest BCUT2D eigenvalue weighted by molar-refractivity contribution is 5.14. The fourth-order valence-corrected chi connectivity index (χ4v) is 1.29. The fourth-order valence-electron chi connectivity index (χ4n) is 1.29. The maximum atomic E-state index is 12.7. The standard InChI is InChI=1S/C6H9FN4/c7-4-1-2-5-9-6(8)10-11(5)3-4/h4H,1-3H2,(H2,8,10). The van der Waals surface area contributed by atoms with Crippen molar-refractivity contribution in [2.24, 2.45) is 0 Å². The second kappa shape index (κ2) is 2.18. The zero-order chi connectivity index (χ0) is 7.84. The third-order valence-corrected chi connectivity index (χ3v) is 1.82. The Morgan fingerprint density at radius 2 is 2.45 bits per heavy atom. The normalized spacial score (nSPS) is 23.2. The van der Waals surface area contributed by atoms with Gasteiger partial charge in [0.25, 0.3) is 0 Å². The first-order valence-corrected chi connectivity index (χ1v) is 3.59. The van der Waals surface area contributed by atoms with E-state index in [4.69, 9.17) is 5.73 Å². The minimum absolute atomic E-state index is 0.245. The van der Waals surface area contributed by atoms with Gasteiger partial charge < -0.3 is 5.73 Å². The van der Waals surface area contributed by atoms with Crippen LogP contribution in [0.1, 0.15) is 12.2 Å². The Labute approximate surface area is 63.2 Å². The summed E-state index contributed by atoms with van der Waals surface area (Å²) in [5.41, 5.74) is 5.34. The van der Waals surface area contributed by atoms with Crippen LogP contribution in [0.5, 0.6) is 0 Å². The topological polar surface area (TPSA) is 56.7 Å². The molecule has 1 unspecified atom stereocenters. The molecule has 0 amide bonds. The molecule has 2 heterocycles. The lowest BCUT2D eigenvalue weighted by molar-refractivity contribution is 0.242. The summed E-state index contributed by atoms with van der Waals surface area (Å²) in [6, 6.07) is 0. The van der Waals surface area contributed by atoms with Crippen LogP contribution in [0, 0.1) is 0 Å². The number of rotatable bonds is 0. The van der Waals surface area contributed by atoms with Gasteiger partial charge in [-0.2, -0.15) is 4.98 Å². The lowest BCUT2D eigenvalue weighted by atomic mass is 10.1. The number of aryl methyl sites for hydroxylation is 1. The maximum absolute atomic E-state index is 12.7. The average Bonchev–Trinajstić information content (AvgIpc) is 2.27. The van der Waals surface area contributed by atoms with Crippen LogP contribution in [-0.4, -0.2) is 20.9 Å². The molecule has 5 heteroatoms. The molecular formula is C6H9FN4. The first kappa shape index (κ1) is 6.57. The molecule has 0 aromatic carbocycles. The smallest absolute Gasteiger partial charge is 0.239 e. The van der Waals surface area contributed by atoms with Crippen molar-refractivity contribution in [1.82, 2.24) is 14.8 Å². The molecule has 0 aliphatic carbocycles. The molecule has 0 spiro atoms. The monoisotopic (exact) mass is 156 g/mol. The van der Waals surface area contributed by atoms with E-state index in [0.717, 1.165) is 5.82 Å². The third-order valence-electron chi connectivity index (χ3n) is 1.82. The zero-order valence-electron chi connectivity index (χ0n) is 6.00. The van der Waals surface area contributed by atoms with Crippen LogP contribution in [0.25, 0.3) is 0 Å². The van der Waals surface area contributed by atoms with E-state index in [9.17, 15) is 4.39 Å². The van der Waals surface area contributed by atoms with E-state index >= 15 is 0 Å². The lowest BCUT2D eigenvalue weighted by Gasteiger charge is -2.14. The van der Waals surface area contributed by atoms with Gasteiger partial charge in [-0.15, -0.1) is 5.10 Å². The highest BCUT2D eigenvalue weighted by atomic mass is 19.1. The molecule has 1 atom stereocenters. The number of hydrogen-bond donors (Lipinski definition) is 1. The van der Waals surface area contributed by atoms with E-state index in [-0.39, 0.29) is 5.95 Å². The van der Waals surface area contributed by atoms with Gasteiger partial charge in [-0.3, -0.25) is 0 Å². The van der Waals surface area contributed by atoms with E-state index < -0.39 is 6.17 Å². The second-order valence-electron chi connectivity index (χ2n) is 2.70. The molecular weight excluding hydrogens is 147 g/mol. The molecule has 0 radical (unpaired) electrons. The van der Waals surface area contributed by atoms with Gasteiger partial charge in [0.15, 0.2) is 0 Å². The van der Waals surface area contributed by atoms with Crippen molar-refractivity contribution >= 4 is 5.95 Å². The van der Waals surface area contributed by atoms with Gasteiger partial charge in [0.2, 0.25) is 5.95 Å². The first-order chi connectivity index (χ1) is 5.25. The van der Waals surface area contributed by atoms with Crippen LogP contribution in [0.3, 0.4) is 0 Å². The van der Waals surface area contributed by atoms with E-state index in [0.29, 0.717) is 19.4 Å². The van der Waals surface area contributed by atoms with E-state index in [2.05, 4.69) is 10.1 Å². The predicted molar refractivity (Wildman–Crippen MR) is 37.7 cm³/mol. The van der Waals surface area contributed by atoms with Crippen molar-refractivity contribution < 1.29 is 4.39 Å². The molecule has 4 nitrogen and oxygen atoms in total. The van der Waals surface area contributed by atoms with Crippen molar-refractivity contribution in [1.29, 1.82) is 0 Å². The van der Waals surface area contributed by atoms with Gasteiger partial charge in [0.1, 0.15) is 12.0 Å². The summed E-state index contributed by atoms with van der Waals surface area (Å²) in [5.74, 6) is 1.05. The summed E-state index contributed by atoms with van der Waals surface area (Å²) in [7, 11) is 0. The third kappa shape index (κ3) is 1.06. The molecule has 1 aliphatic rings. The summed E-state index contributed by atoms with van der Waals surface area (Å²) >= 11 is 0. The average molecular weight is 156 g/mol. The van der Waals surface area contributed by atoms with E-state index in [1.165, 1.54) is 0 Å². The Bertz CT molecular complexity index is 270. The summed E-state index contributed by atoms with van der Waals surface area (Å²) in [6.07, 6.45) is 0.396. The largest absolute Gasteiger partial charge is 0.366 e. The summed E-state index contributed by atoms with van der Waals surface area (Å²) in [4.78, 5) is 3.95. The zero-order valence-corrected chi connectivity index (χ0v) is 6.00. The highest BCUT2D eigenvalue weighted by Gasteiger charge is 2.19. The highest BCUT2D eigenvalue weighted by Crippen LogP contribution is 2.15. The molecule has 2 rings (SSSR count). The van der Waals surface area contributed by atoms with E-state index in [1.54, 1.807) is 4.68 Å². The Morgan fingerprint density at radius 3 is 3.27 bits per heavy atom. The van der Waals surface area contributed by atoms with Crippen molar-refractivity contribution in [3.05, 3.63) is 5.82 Å². The number of hydrogen-bond acceptors (Lipinski definition) is 3. The number of nitrogens with two attached hydrogens (primary N) is 1. The number of nitrogen functional groups attached to an aromatic ring is 1. The number of fused-ring (bicyclic) bond motifs is 1. The maximum Gasteiger partial charge on any atom is 0.239 e. The van der Waals surface area contributed by atoms with Gasteiger partial charge >= 0.3 is 0 Å². The number of alkyl halides is 1. The molecule has 0 bridgehead atoms. The van der Waals surface area contributed by atoms with Gasteiger partial charge in [-0.25, -0.2) is 9.07 Å². The Morgan fingerprint density at radius 1 is 1.64 bits per heavy atom. The molecule has 60 valence electrons. The number of nitrogens with zero attached hydrogens (tertiary/aromatic N) is 3. The van der Waals surface area contributed by atoms with Crippen LogP contribution in [0.4, 0.5) is 10.3 Å². The van der Waals surface area contributed by atoms with Gasteiger partial charge in [-0.05, 0) is 6.42 Å². The Hall–Kier alpha value is -1.13. The van der Waals surface area contributed by atoms with Crippen molar-refractivity contribution in [3.8, 4) is 0 Å². The van der Waals surface area contributed by atoms with Gasteiger partial charge in [0.05, 0.1) is 6.54 Å². The fraction of sp³-hybridized carbons (Fsp3) is 0.667. The minimum Gasteiger partial charge on any atom is -0.366 e. The lowest BCUT2D eigenvalue weighted by Crippen LogP contribution is -2.21. The van der Waals surface area contributed by atoms with Crippen LogP contribution in [0.2, 0.25) is 0 Å². The first-order valence-electron chi connectivity index (χ1n) is 3.59. The molecule has 1 aliphatic heterocycles. The van der Waals surface area contributed by atoms with Crippen LogP contribution < -0.4 is 5.73 Å². The van der Waals surface area contributed by atoms with Crippen molar-refractivity contribution in [2.75, 3.05) is 5.73 Å². The SMILES string of the molecule is Nc1nc2n(n1)CC(F)CC2. The van der Waals surface area contributed by atoms with Gasteiger partial charge in [0, 0.05) is 6.42 Å². The summed E-state index contributed by atoms with van der Waals surface area (Å²) in [6.45, 7) is 0.305. The molecule has 1 aromatic rings. The summed E-state index contributed by atoms with van der Waals surface area (Å²) < 4.78 is 14.3. The Balaban J connectivity index is 2.34. The molecule has 1 aromatic heterocycles. The number of anilines is 1. The van der Waals surface area contributed by atoms with Crippen molar-refractivity contribution in [3.63, 3.8) is 0 Å². The van der Waals surface area contributed by atoms with Gasteiger partial charge in [-0.1, -0.05) is 0 Å². The Kier molecular flexibility index (Phi) is 1.30. The molecule has 0 fully saturated rings. The predicted octanol–water partition coefficient (Wildman–Crippen LogP) is 0.145. The van der Waals surface area contributed by atoms with E-state index in [1.807, 2.05) is 0 Å². The summed E-state index contributed by atoms with van der Waals surface area (Å²) in [5, 5.41) is 3.84. The molecule has 0 saturated carbocycles. The second-order valence-corrected chi connectivity index (χ2v) is 2.70. The minimum atomic E-state index is -0.788. The number of halogens is 1. The molecule has 11 heavy (non-hydrogen) atoms. The van der Waals surface area contributed by atoms with Crippen LogP contribution in [0.15, 0.2) is 0 Å². The van der Waals surface area contributed by atoms with Crippen LogP contribution >= 0.6 is 0 Å². The quantitative estimate of drug-likeness (QED) is 0.581. The number of aromatic nitrogens is 3. The van der Waals surface area contributed by atoms with Crippen molar-refractivity contribution in [2.45, 2.75) is 25.6 Å². The molecule has 2 N–H and O–H groups in total. The molecule has 0 saturated heterocycles. The van der Waals surface area contributed by atoms with Crippen LogP contribution in [-0.2, 0) is 13.0 Å².